The van der Waals surface area contributed by atoms with Crippen molar-refractivity contribution in [2.75, 3.05) is 0 Å². The summed E-state index contributed by atoms with van der Waals surface area (Å²) < 4.78 is 0. The third-order valence-corrected chi connectivity index (χ3v) is 4.56. The van der Waals surface area contributed by atoms with E-state index in [1.807, 2.05) is 33.0 Å². The summed E-state index contributed by atoms with van der Waals surface area (Å²) in [5.74, 6) is 0.659. The molecule has 21 heavy (non-hydrogen) atoms. The molecule has 0 spiro atoms. The second-order valence-electron chi connectivity index (χ2n) is 6.12. The number of hydrogen-bond donors (Lipinski definition) is 4. The zero-order valence-electron chi connectivity index (χ0n) is 13.2. The van der Waals surface area contributed by atoms with Crippen LogP contribution in [0.15, 0.2) is 40.1 Å². The first kappa shape index (κ1) is 15.5. The molecule has 5 nitrogen and oxygen atoms in total. The SMILES string of the molecule is C/C=C(\C)[C@H]1CC(C2N=C(N)C(C)=CN2)=CC(=N)[C@]1(C)N. The van der Waals surface area contributed by atoms with Crippen LogP contribution in [0.5, 0.6) is 0 Å². The monoisotopic (exact) mass is 287 g/mol. The van der Waals surface area contributed by atoms with Crippen molar-refractivity contribution in [2.24, 2.45) is 22.4 Å². The molecular weight excluding hydrogens is 262 g/mol. The first-order valence-electron chi connectivity index (χ1n) is 7.25. The number of nitrogens with one attached hydrogen (secondary N) is 2. The normalized spacial score (nSPS) is 33.9. The lowest BCUT2D eigenvalue weighted by Crippen LogP contribution is -2.54. The fraction of sp³-hybridized carbons (Fsp3) is 0.500. The fourth-order valence-corrected chi connectivity index (χ4v) is 2.81. The Labute approximate surface area is 126 Å². The highest BCUT2D eigenvalue weighted by Crippen LogP contribution is 2.36. The Kier molecular flexibility index (Phi) is 4.05. The summed E-state index contributed by atoms with van der Waals surface area (Å²) in [6.45, 7) is 7.93. The number of nitrogens with two attached hydrogens (primary N) is 2. The molecule has 0 amide bonds. The van der Waals surface area contributed by atoms with E-state index in [4.69, 9.17) is 16.9 Å². The van der Waals surface area contributed by atoms with Gasteiger partial charge < -0.3 is 22.2 Å². The summed E-state index contributed by atoms with van der Waals surface area (Å²) in [5.41, 5.74) is 15.3. The van der Waals surface area contributed by atoms with Gasteiger partial charge >= 0.3 is 0 Å². The van der Waals surface area contributed by atoms with Crippen molar-refractivity contribution in [3.8, 4) is 0 Å². The molecule has 6 N–H and O–H groups in total. The Morgan fingerprint density at radius 2 is 2.24 bits per heavy atom. The largest absolute Gasteiger partial charge is 0.384 e. The molecule has 0 aromatic rings. The van der Waals surface area contributed by atoms with Crippen molar-refractivity contribution in [3.63, 3.8) is 0 Å². The molecule has 0 radical (unpaired) electrons. The van der Waals surface area contributed by atoms with Gasteiger partial charge in [-0.3, -0.25) is 0 Å². The van der Waals surface area contributed by atoms with Crippen LogP contribution in [0, 0.1) is 11.3 Å². The topological polar surface area (TPSA) is 100 Å². The molecule has 1 aliphatic heterocycles. The average Bonchev–Trinajstić information content (AvgIpc) is 2.44. The number of nitrogens with zero attached hydrogens (tertiary/aromatic N) is 1. The van der Waals surface area contributed by atoms with Gasteiger partial charge in [0.25, 0.3) is 0 Å². The summed E-state index contributed by atoms with van der Waals surface area (Å²) >= 11 is 0. The maximum Gasteiger partial charge on any atom is 0.142 e. The fourth-order valence-electron chi connectivity index (χ4n) is 2.81. The summed E-state index contributed by atoms with van der Waals surface area (Å²) in [7, 11) is 0. The molecule has 114 valence electrons. The van der Waals surface area contributed by atoms with Crippen molar-refractivity contribution in [1.82, 2.24) is 5.32 Å². The van der Waals surface area contributed by atoms with Crippen LogP contribution in [-0.4, -0.2) is 23.3 Å². The van der Waals surface area contributed by atoms with Crippen LogP contribution in [0.4, 0.5) is 0 Å². The molecule has 1 heterocycles. The van der Waals surface area contributed by atoms with Crippen LogP contribution in [0.2, 0.25) is 0 Å². The summed E-state index contributed by atoms with van der Waals surface area (Å²) in [5, 5.41) is 11.5. The van der Waals surface area contributed by atoms with Gasteiger partial charge in [0.05, 0.1) is 11.3 Å². The lowest BCUT2D eigenvalue weighted by Gasteiger charge is -2.40. The van der Waals surface area contributed by atoms with E-state index in [1.54, 1.807) is 0 Å². The number of amidine groups is 1. The zero-order valence-corrected chi connectivity index (χ0v) is 13.2. The summed E-state index contributed by atoms with van der Waals surface area (Å²) in [4.78, 5) is 4.48. The Morgan fingerprint density at radius 3 is 2.81 bits per heavy atom. The highest BCUT2D eigenvalue weighted by molar-refractivity contribution is 6.02. The lowest BCUT2D eigenvalue weighted by atomic mass is 9.70. The first-order chi connectivity index (χ1) is 9.77. The van der Waals surface area contributed by atoms with Gasteiger partial charge in [-0.15, -0.1) is 0 Å². The Morgan fingerprint density at radius 1 is 1.57 bits per heavy atom. The Hall–Kier alpha value is -1.88. The molecule has 0 saturated carbocycles. The standard InChI is InChI=1S/C16H25N5/c1-5-9(2)12-6-11(7-13(17)16(12,4)19)15-20-8-10(3)14(18)21-15/h5,7-8,12,15,17,20H,6,19H2,1-4H3,(H2,18,21)/b9-5+,17-13?/t12-,15?,16-/m1/s1. The molecular formula is C16H25N5. The molecule has 2 aliphatic rings. The molecule has 3 atom stereocenters. The number of rotatable bonds is 2. The van der Waals surface area contributed by atoms with Crippen LogP contribution >= 0.6 is 0 Å². The highest BCUT2D eigenvalue weighted by Gasteiger charge is 2.39. The van der Waals surface area contributed by atoms with Crippen LogP contribution in [0.25, 0.3) is 0 Å². The molecule has 0 aromatic carbocycles. The smallest absolute Gasteiger partial charge is 0.142 e. The minimum atomic E-state index is -0.643. The van der Waals surface area contributed by atoms with E-state index in [2.05, 4.69) is 23.3 Å². The van der Waals surface area contributed by atoms with Crippen LogP contribution in [0.3, 0.4) is 0 Å². The Bertz CT molecular complexity index is 577. The number of allylic oxidation sites excluding steroid dienone is 1. The van der Waals surface area contributed by atoms with Crippen LogP contribution in [0.1, 0.15) is 34.1 Å². The molecule has 0 bridgehead atoms. The van der Waals surface area contributed by atoms with E-state index in [0.29, 0.717) is 11.5 Å². The summed E-state index contributed by atoms with van der Waals surface area (Å²) in [6, 6.07) is 0. The zero-order chi connectivity index (χ0) is 15.8. The van der Waals surface area contributed by atoms with Crippen molar-refractivity contribution >= 4 is 11.5 Å². The van der Waals surface area contributed by atoms with Crippen molar-refractivity contribution < 1.29 is 0 Å². The van der Waals surface area contributed by atoms with Crippen molar-refractivity contribution in [3.05, 3.63) is 35.1 Å². The summed E-state index contributed by atoms with van der Waals surface area (Å²) in [6.07, 6.45) is 6.39. The van der Waals surface area contributed by atoms with E-state index in [0.717, 1.165) is 17.6 Å². The third-order valence-electron chi connectivity index (χ3n) is 4.56. The van der Waals surface area contributed by atoms with Gasteiger partial charge in [-0.25, -0.2) is 4.99 Å². The van der Waals surface area contributed by atoms with Gasteiger partial charge in [-0.1, -0.05) is 11.6 Å². The maximum atomic E-state index is 8.28. The molecule has 0 aromatic heterocycles. The minimum Gasteiger partial charge on any atom is -0.384 e. The number of aliphatic imine (C=N–C) groups is 1. The molecule has 5 heteroatoms. The van der Waals surface area contributed by atoms with Gasteiger partial charge in [-0.05, 0) is 45.8 Å². The van der Waals surface area contributed by atoms with Gasteiger partial charge in [0, 0.05) is 17.7 Å². The number of hydrogen-bond acceptors (Lipinski definition) is 5. The van der Waals surface area contributed by atoms with Gasteiger partial charge in [-0.2, -0.15) is 0 Å². The van der Waals surface area contributed by atoms with E-state index < -0.39 is 5.54 Å². The maximum absolute atomic E-state index is 8.28. The van der Waals surface area contributed by atoms with Crippen molar-refractivity contribution in [2.45, 2.75) is 45.8 Å². The second kappa shape index (κ2) is 5.48. The third kappa shape index (κ3) is 2.78. The average molecular weight is 287 g/mol. The van der Waals surface area contributed by atoms with E-state index in [9.17, 15) is 0 Å². The van der Waals surface area contributed by atoms with Gasteiger partial charge in [0.15, 0.2) is 0 Å². The second-order valence-corrected chi connectivity index (χ2v) is 6.12. The van der Waals surface area contributed by atoms with E-state index >= 15 is 0 Å². The molecule has 2 rings (SSSR count). The van der Waals surface area contributed by atoms with E-state index in [1.165, 1.54) is 5.57 Å². The molecule has 1 aliphatic carbocycles. The predicted molar refractivity (Wildman–Crippen MR) is 88.2 cm³/mol. The first-order valence-corrected chi connectivity index (χ1v) is 7.25. The predicted octanol–water partition coefficient (Wildman–Crippen LogP) is 1.83. The van der Waals surface area contributed by atoms with E-state index in [-0.39, 0.29) is 12.1 Å². The van der Waals surface area contributed by atoms with Crippen LogP contribution in [-0.2, 0) is 0 Å². The molecule has 0 saturated heterocycles. The highest BCUT2D eigenvalue weighted by atomic mass is 15.1. The molecule has 1 unspecified atom stereocenters. The lowest BCUT2D eigenvalue weighted by molar-refractivity contribution is 0.409. The minimum absolute atomic E-state index is 0.111. The van der Waals surface area contributed by atoms with Gasteiger partial charge in [0.2, 0.25) is 0 Å². The Balaban J connectivity index is 2.33. The molecule has 0 fully saturated rings. The van der Waals surface area contributed by atoms with Crippen molar-refractivity contribution in [1.29, 1.82) is 5.41 Å². The van der Waals surface area contributed by atoms with Gasteiger partial charge in [0.1, 0.15) is 12.0 Å². The quantitative estimate of drug-likeness (QED) is 0.583. The van der Waals surface area contributed by atoms with Crippen LogP contribution < -0.4 is 16.8 Å².